The predicted octanol–water partition coefficient (Wildman–Crippen LogP) is 4.62. The average Bonchev–Trinajstić information content (AvgIpc) is 2.48. The van der Waals surface area contributed by atoms with Crippen molar-refractivity contribution >= 4 is 23.2 Å². The molecule has 2 atom stereocenters. The van der Waals surface area contributed by atoms with Gasteiger partial charge in [-0.05, 0) is 37.2 Å². The van der Waals surface area contributed by atoms with Gasteiger partial charge in [-0.2, -0.15) is 0 Å². The van der Waals surface area contributed by atoms with Gasteiger partial charge in [0.05, 0.1) is 12.1 Å². The van der Waals surface area contributed by atoms with E-state index in [2.05, 4.69) is 48.5 Å². The van der Waals surface area contributed by atoms with Crippen LogP contribution >= 0.6 is 23.2 Å². The van der Waals surface area contributed by atoms with Crippen molar-refractivity contribution in [2.75, 3.05) is 20.1 Å². The van der Waals surface area contributed by atoms with Crippen LogP contribution in [0.4, 0.5) is 0 Å². The van der Waals surface area contributed by atoms with E-state index in [0.717, 1.165) is 23.7 Å². The largest absolute Gasteiger partial charge is 0.307 e. The number of nitrogens with zero attached hydrogens (tertiary/aromatic N) is 1. The van der Waals surface area contributed by atoms with Gasteiger partial charge in [0.2, 0.25) is 0 Å². The van der Waals surface area contributed by atoms with E-state index in [4.69, 9.17) is 23.2 Å². The third-order valence-electron chi connectivity index (χ3n) is 4.34. The van der Waals surface area contributed by atoms with Crippen molar-refractivity contribution in [1.82, 2.24) is 10.2 Å². The number of nitrogens with one attached hydrogen (secondary N) is 1. The van der Waals surface area contributed by atoms with E-state index in [1.807, 2.05) is 18.2 Å². The summed E-state index contributed by atoms with van der Waals surface area (Å²) in [5.74, 6) is 0. The minimum atomic E-state index is 0.159. The van der Waals surface area contributed by atoms with Crippen molar-refractivity contribution in [2.45, 2.75) is 19.0 Å². The lowest BCUT2D eigenvalue weighted by atomic mass is 9.90. The first kappa shape index (κ1) is 15.8. The Balaban J connectivity index is 2.01. The van der Waals surface area contributed by atoms with Crippen LogP contribution in [0.3, 0.4) is 0 Å². The zero-order valence-corrected chi connectivity index (χ0v) is 14.3. The smallest absolute Gasteiger partial charge is 0.0541 e. The van der Waals surface area contributed by atoms with Gasteiger partial charge in [0, 0.05) is 23.1 Å². The first-order valence-corrected chi connectivity index (χ1v) is 8.27. The van der Waals surface area contributed by atoms with Gasteiger partial charge in [-0.3, -0.25) is 4.90 Å². The normalized spacial score (nSPS) is 22.7. The third-order valence-corrected chi connectivity index (χ3v) is 4.90. The molecule has 1 aliphatic rings. The van der Waals surface area contributed by atoms with E-state index >= 15 is 0 Å². The zero-order valence-electron chi connectivity index (χ0n) is 12.8. The lowest BCUT2D eigenvalue weighted by molar-refractivity contribution is 0.151. The average molecular weight is 335 g/mol. The lowest BCUT2D eigenvalue weighted by Gasteiger charge is -2.41. The van der Waals surface area contributed by atoms with E-state index in [1.54, 1.807) is 0 Å². The number of rotatable bonds is 2. The van der Waals surface area contributed by atoms with Crippen LogP contribution in [-0.2, 0) is 0 Å². The van der Waals surface area contributed by atoms with Crippen LogP contribution in [0.25, 0.3) is 0 Å². The van der Waals surface area contributed by atoms with E-state index in [0.29, 0.717) is 5.02 Å². The number of aryl methyl sites for hydroxylation is 1. The molecule has 0 aliphatic carbocycles. The maximum absolute atomic E-state index is 6.45. The van der Waals surface area contributed by atoms with Crippen molar-refractivity contribution < 1.29 is 0 Å². The maximum Gasteiger partial charge on any atom is 0.0541 e. The fourth-order valence-corrected chi connectivity index (χ4v) is 3.67. The molecular weight excluding hydrogens is 315 g/mol. The molecule has 1 aliphatic heterocycles. The minimum absolute atomic E-state index is 0.159. The highest BCUT2D eigenvalue weighted by atomic mass is 35.5. The second-order valence-corrected chi connectivity index (χ2v) is 6.78. The summed E-state index contributed by atoms with van der Waals surface area (Å²) in [5.41, 5.74) is 3.68. The highest BCUT2D eigenvalue weighted by Crippen LogP contribution is 2.38. The van der Waals surface area contributed by atoms with E-state index in [1.165, 1.54) is 11.1 Å². The van der Waals surface area contributed by atoms with Gasteiger partial charge >= 0.3 is 0 Å². The molecule has 2 nitrogen and oxygen atoms in total. The van der Waals surface area contributed by atoms with Crippen molar-refractivity contribution in [3.05, 3.63) is 69.2 Å². The SMILES string of the molecule is Cc1ccc(C2C(c3ccc(Cl)cc3Cl)NCCN2C)cc1. The summed E-state index contributed by atoms with van der Waals surface area (Å²) in [4.78, 5) is 2.39. The predicted molar refractivity (Wildman–Crippen MR) is 93.8 cm³/mol. The molecule has 2 aromatic carbocycles. The van der Waals surface area contributed by atoms with Crippen molar-refractivity contribution in [2.24, 2.45) is 0 Å². The molecule has 0 aromatic heterocycles. The Morgan fingerprint density at radius 3 is 2.50 bits per heavy atom. The molecule has 1 N–H and O–H groups in total. The van der Waals surface area contributed by atoms with Gasteiger partial charge in [-0.25, -0.2) is 0 Å². The van der Waals surface area contributed by atoms with Crippen LogP contribution in [0.5, 0.6) is 0 Å². The molecule has 3 rings (SSSR count). The molecule has 0 spiro atoms. The minimum Gasteiger partial charge on any atom is -0.307 e. The molecule has 1 fully saturated rings. The molecule has 0 amide bonds. The molecule has 0 bridgehead atoms. The summed E-state index contributed by atoms with van der Waals surface area (Å²) in [5, 5.41) is 5.01. The van der Waals surface area contributed by atoms with Crippen molar-refractivity contribution in [3.63, 3.8) is 0 Å². The molecular formula is C18H20Cl2N2. The number of likely N-dealkylation sites (N-methyl/N-ethyl adjacent to an activating group) is 1. The van der Waals surface area contributed by atoms with Crippen LogP contribution in [0.1, 0.15) is 28.8 Å². The fraction of sp³-hybridized carbons (Fsp3) is 0.333. The van der Waals surface area contributed by atoms with Crippen LogP contribution in [0.15, 0.2) is 42.5 Å². The summed E-state index contributed by atoms with van der Waals surface area (Å²) in [6, 6.07) is 14.9. The monoisotopic (exact) mass is 334 g/mol. The van der Waals surface area contributed by atoms with Gasteiger partial charge in [0.15, 0.2) is 0 Å². The summed E-state index contributed by atoms with van der Waals surface area (Å²) < 4.78 is 0. The molecule has 0 radical (unpaired) electrons. The molecule has 2 aromatic rings. The first-order chi connectivity index (χ1) is 10.6. The highest BCUT2D eigenvalue weighted by Gasteiger charge is 2.32. The number of piperazine rings is 1. The Kier molecular flexibility index (Phi) is 4.74. The van der Waals surface area contributed by atoms with Gasteiger partial charge < -0.3 is 5.32 Å². The molecule has 2 unspecified atom stereocenters. The standard InChI is InChI=1S/C18H20Cl2N2/c1-12-3-5-13(6-4-12)18-17(21-9-10-22(18)2)15-8-7-14(19)11-16(15)20/h3-8,11,17-18,21H,9-10H2,1-2H3. The summed E-state index contributed by atoms with van der Waals surface area (Å²) in [7, 11) is 2.17. The van der Waals surface area contributed by atoms with Crippen LogP contribution in [-0.4, -0.2) is 25.0 Å². The second-order valence-electron chi connectivity index (χ2n) is 5.93. The van der Waals surface area contributed by atoms with Gasteiger partial charge in [0.1, 0.15) is 0 Å². The Hall–Kier alpha value is -1.06. The molecule has 1 saturated heterocycles. The van der Waals surface area contributed by atoms with Gasteiger partial charge in [-0.15, -0.1) is 0 Å². The highest BCUT2D eigenvalue weighted by molar-refractivity contribution is 6.35. The second kappa shape index (κ2) is 6.59. The Bertz CT molecular complexity index is 655. The molecule has 116 valence electrons. The quantitative estimate of drug-likeness (QED) is 0.861. The van der Waals surface area contributed by atoms with Crippen molar-refractivity contribution in [3.8, 4) is 0 Å². The summed E-state index contributed by atoms with van der Waals surface area (Å²) in [6.07, 6.45) is 0. The number of halogens is 2. The van der Waals surface area contributed by atoms with Gasteiger partial charge in [0.25, 0.3) is 0 Å². The maximum atomic E-state index is 6.45. The molecule has 4 heteroatoms. The van der Waals surface area contributed by atoms with Crippen LogP contribution < -0.4 is 5.32 Å². The Morgan fingerprint density at radius 1 is 1.09 bits per heavy atom. The zero-order chi connectivity index (χ0) is 15.7. The summed E-state index contributed by atoms with van der Waals surface area (Å²) >= 11 is 12.5. The number of hydrogen-bond acceptors (Lipinski definition) is 2. The van der Waals surface area contributed by atoms with Gasteiger partial charge in [-0.1, -0.05) is 59.1 Å². The third kappa shape index (κ3) is 3.16. The van der Waals surface area contributed by atoms with E-state index < -0.39 is 0 Å². The van der Waals surface area contributed by atoms with Crippen LogP contribution in [0.2, 0.25) is 10.0 Å². The fourth-order valence-electron chi connectivity index (χ4n) is 3.15. The number of benzene rings is 2. The molecule has 0 saturated carbocycles. The molecule has 1 heterocycles. The van der Waals surface area contributed by atoms with Crippen molar-refractivity contribution in [1.29, 1.82) is 0 Å². The lowest BCUT2D eigenvalue weighted by Crippen LogP contribution is -2.46. The topological polar surface area (TPSA) is 15.3 Å². The summed E-state index contributed by atoms with van der Waals surface area (Å²) in [6.45, 7) is 4.07. The van der Waals surface area contributed by atoms with E-state index in [-0.39, 0.29) is 12.1 Å². The Morgan fingerprint density at radius 2 is 1.82 bits per heavy atom. The Labute approximate surface area is 142 Å². The first-order valence-electron chi connectivity index (χ1n) is 7.51. The molecule has 22 heavy (non-hydrogen) atoms. The van der Waals surface area contributed by atoms with E-state index in [9.17, 15) is 0 Å². The number of hydrogen-bond donors (Lipinski definition) is 1. The van der Waals surface area contributed by atoms with Crippen LogP contribution in [0, 0.1) is 6.92 Å².